The molecule has 0 saturated heterocycles. The van der Waals surface area contributed by atoms with Crippen molar-refractivity contribution >= 4 is 11.7 Å². The van der Waals surface area contributed by atoms with Crippen molar-refractivity contribution in [3.8, 4) is 0 Å². The molecular weight excluding hydrogens is 202 g/mol. The molecule has 3 nitrogen and oxygen atoms in total. The van der Waals surface area contributed by atoms with Crippen LogP contribution in [0.3, 0.4) is 0 Å². The predicted octanol–water partition coefficient (Wildman–Crippen LogP) is 2.29. The Bertz CT molecular complexity index is 397. The summed E-state index contributed by atoms with van der Waals surface area (Å²) < 4.78 is 0. The molecule has 2 rings (SSSR count). The first-order valence-electron chi connectivity index (χ1n) is 5.61. The lowest BCUT2D eigenvalue weighted by Crippen LogP contribution is -2.45. The topological polar surface area (TPSA) is 40.5 Å². The van der Waals surface area contributed by atoms with Crippen LogP contribution in [0.4, 0.5) is 5.69 Å². The molecule has 0 aliphatic heterocycles. The molecule has 1 aromatic rings. The predicted molar refractivity (Wildman–Crippen MR) is 63.7 cm³/mol. The van der Waals surface area contributed by atoms with Crippen LogP contribution in [0.2, 0.25) is 0 Å². The first-order valence-corrected chi connectivity index (χ1v) is 5.61. The number of nitrogens with zero attached hydrogens (tertiary/aromatic N) is 1. The third kappa shape index (κ3) is 1.90. The SMILES string of the molecule is Cc1ccccc1N(C)C1CC(C(=O)O)C1. The number of carboxylic acid groups (broad SMARTS) is 1. The Hall–Kier alpha value is -1.51. The van der Waals surface area contributed by atoms with Crippen LogP contribution in [-0.2, 0) is 4.79 Å². The molecule has 3 heteroatoms. The maximum atomic E-state index is 10.7. The van der Waals surface area contributed by atoms with Gasteiger partial charge in [-0.05, 0) is 31.4 Å². The van der Waals surface area contributed by atoms with Gasteiger partial charge in [-0.3, -0.25) is 4.79 Å². The lowest BCUT2D eigenvalue weighted by atomic mass is 9.79. The van der Waals surface area contributed by atoms with Crippen LogP contribution in [0.1, 0.15) is 18.4 Å². The van der Waals surface area contributed by atoms with Gasteiger partial charge >= 0.3 is 5.97 Å². The molecule has 0 spiro atoms. The standard InChI is InChI=1S/C13H17NO2/c1-9-5-3-4-6-12(9)14(2)11-7-10(8-11)13(15)16/h3-6,10-11H,7-8H2,1-2H3,(H,15,16). The van der Waals surface area contributed by atoms with Gasteiger partial charge in [0.25, 0.3) is 0 Å². The number of benzene rings is 1. The van der Waals surface area contributed by atoms with Crippen molar-refractivity contribution in [1.29, 1.82) is 0 Å². The Morgan fingerprint density at radius 2 is 2.00 bits per heavy atom. The fourth-order valence-electron chi connectivity index (χ4n) is 2.26. The Kier molecular flexibility index (Phi) is 2.86. The van der Waals surface area contributed by atoms with E-state index in [1.807, 2.05) is 19.2 Å². The van der Waals surface area contributed by atoms with Crippen LogP contribution >= 0.6 is 0 Å². The number of rotatable bonds is 3. The fraction of sp³-hybridized carbons (Fsp3) is 0.462. The smallest absolute Gasteiger partial charge is 0.306 e. The van der Waals surface area contributed by atoms with Gasteiger partial charge in [0, 0.05) is 18.8 Å². The quantitative estimate of drug-likeness (QED) is 0.848. The zero-order chi connectivity index (χ0) is 11.7. The summed E-state index contributed by atoms with van der Waals surface area (Å²) >= 11 is 0. The van der Waals surface area contributed by atoms with Gasteiger partial charge in [0.2, 0.25) is 0 Å². The molecule has 0 amide bonds. The molecule has 16 heavy (non-hydrogen) atoms. The van der Waals surface area contributed by atoms with Crippen molar-refractivity contribution in [1.82, 2.24) is 0 Å². The Morgan fingerprint density at radius 3 is 2.56 bits per heavy atom. The van der Waals surface area contributed by atoms with Crippen LogP contribution in [-0.4, -0.2) is 24.2 Å². The molecule has 0 aromatic heterocycles. The molecule has 0 bridgehead atoms. The van der Waals surface area contributed by atoms with Gasteiger partial charge in [0.1, 0.15) is 0 Å². The van der Waals surface area contributed by atoms with Gasteiger partial charge in [-0.1, -0.05) is 18.2 Å². The van der Waals surface area contributed by atoms with Crippen molar-refractivity contribution < 1.29 is 9.90 Å². The maximum absolute atomic E-state index is 10.7. The third-order valence-electron chi connectivity index (χ3n) is 3.51. The number of aliphatic carboxylic acids is 1. The fourth-order valence-corrected chi connectivity index (χ4v) is 2.26. The molecule has 1 saturated carbocycles. The van der Waals surface area contributed by atoms with Gasteiger partial charge in [-0.15, -0.1) is 0 Å². The molecule has 0 heterocycles. The average molecular weight is 219 g/mol. The highest BCUT2D eigenvalue weighted by Gasteiger charge is 2.37. The summed E-state index contributed by atoms with van der Waals surface area (Å²) in [6.45, 7) is 2.08. The second-order valence-electron chi connectivity index (χ2n) is 4.56. The monoisotopic (exact) mass is 219 g/mol. The minimum Gasteiger partial charge on any atom is -0.481 e. The summed E-state index contributed by atoms with van der Waals surface area (Å²) in [5.74, 6) is -0.800. The highest BCUT2D eigenvalue weighted by Crippen LogP contribution is 2.34. The van der Waals surface area contributed by atoms with Crippen molar-refractivity contribution in [2.24, 2.45) is 5.92 Å². The Morgan fingerprint density at radius 1 is 1.38 bits per heavy atom. The van der Waals surface area contributed by atoms with Crippen LogP contribution in [0.25, 0.3) is 0 Å². The molecular formula is C13H17NO2. The van der Waals surface area contributed by atoms with Gasteiger partial charge in [0.05, 0.1) is 5.92 Å². The van der Waals surface area contributed by atoms with Crippen molar-refractivity contribution in [3.63, 3.8) is 0 Å². The van der Waals surface area contributed by atoms with E-state index in [9.17, 15) is 4.79 Å². The number of para-hydroxylation sites is 1. The van der Waals surface area contributed by atoms with E-state index in [-0.39, 0.29) is 5.92 Å². The van der Waals surface area contributed by atoms with Crippen LogP contribution < -0.4 is 4.90 Å². The average Bonchev–Trinajstić information content (AvgIpc) is 2.15. The second-order valence-corrected chi connectivity index (χ2v) is 4.56. The van der Waals surface area contributed by atoms with E-state index >= 15 is 0 Å². The normalized spacial score (nSPS) is 23.6. The minimum atomic E-state index is -0.658. The molecule has 86 valence electrons. The summed E-state index contributed by atoms with van der Waals surface area (Å²) in [4.78, 5) is 12.9. The first-order chi connectivity index (χ1) is 7.59. The summed E-state index contributed by atoms with van der Waals surface area (Å²) in [5, 5.41) is 8.84. The van der Waals surface area contributed by atoms with Gasteiger partial charge in [-0.2, -0.15) is 0 Å². The Balaban J connectivity index is 2.03. The van der Waals surface area contributed by atoms with Crippen LogP contribution in [0.15, 0.2) is 24.3 Å². The number of hydrogen-bond donors (Lipinski definition) is 1. The number of hydrogen-bond acceptors (Lipinski definition) is 2. The number of carboxylic acids is 1. The molecule has 1 aliphatic carbocycles. The van der Waals surface area contributed by atoms with Crippen molar-refractivity contribution in [2.75, 3.05) is 11.9 Å². The van der Waals surface area contributed by atoms with Crippen LogP contribution in [0.5, 0.6) is 0 Å². The van der Waals surface area contributed by atoms with E-state index in [4.69, 9.17) is 5.11 Å². The maximum Gasteiger partial charge on any atom is 0.306 e. The highest BCUT2D eigenvalue weighted by molar-refractivity contribution is 5.72. The van der Waals surface area contributed by atoms with Crippen molar-refractivity contribution in [3.05, 3.63) is 29.8 Å². The van der Waals surface area contributed by atoms with E-state index in [1.165, 1.54) is 11.3 Å². The zero-order valence-electron chi connectivity index (χ0n) is 9.68. The summed E-state index contributed by atoms with van der Waals surface area (Å²) in [6.07, 6.45) is 1.53. The van der Waals surface area contributed by atoms with Crippen molar-refractivity contribution in [2.45, 2.75) is 25.8 Å². The lowest BCUT2D eigenvalue weighted by molar-refractivity contribution is -0.145. The second kappa shape index (κ2) is 4.16. The summed E-state index contributed by atoms with van der Waals surface area (Å²) in [6, 6.07) is 8.59. The van der Waals surface area contributed by atoms with E-state index in [1.54, 1.807) is 0 Å². The van der Waals surface area contributed by atoms with Gasteiger partial charge in [0.15, 0.2) is 0 Å². The molecule has 0 atom stereocenters. The summed E-state index contributed by atoms with van der Waals surface area (Å²) in [7, 11) is 2.05. The molecule has 0 unspecified atom stereocenters. The van der Waals surface area contributed by atoms with Gasteiger partial charge in [-0.25, -0.2) is 0 Å². The zero-order valence-corrected chi connectivity index (χ0v) is 9.68. The molecule has 1 fully saturated rings. The van der Waals surface area contributed by atoms with E-state index < -0.39 is 5.97 Å². The van der Waals surface area contributed by atoms with E-state index in [0.29, 0.717) is 6.04 Å². The minimum absolute atomic E-state index is 0.142. The summed E-state index contributed by atoms with van der Waals surface area (Å²) in [5.41, 5.74) is 2.44. The molecule has 1 N–H and O–H groups in total. The van der Waals surface area contributed by atoms with E-state index in [2.05, 4.69) is 24.0 Å². The lowest BCUT2D eigenvalue weighted by Gasteiger charge is -2.41. The third-order valence-corrected chi connectivity index (χ3v) is 3.51. The van der Waals surface area contributed by atoms with E-state index in [0.717, 1.165) is 12.8 Å². The Labute approximate surface area is 95.7 Å². The molecule has 0 radical (unpaired) electrons. The first kappa shape index (κ1) is 11.0. The van der Waals surface area contributed by atoms with Crippen LogP contribution in [0, 0.1) is 12.8 Å². The molecule has 1 aromatic carbocycles. The number of aryl methyl sites for hydroxylation is 1. The highest BCUT2D eigenvalue weighted by atomic mass is 16.4. The number of carbonyl (C=O) groups is 1. The van der Waals surface area contributed by atoms with Gasteiger partial charge < -0.3 is 10.0 Å². The largest absolute Gasteiger partial charge is 0.481 e. The molecule has 1 aliphatic rings. The number of anilines is 1.